The van der Waals surface area contributed by atoms with Gasteiger partial charge in [-0.2, -0.15) is 0 Å². The summed E-state index contributed by atoms with van der Waals surface area (Å²) in [5.74, 6) is 0.0703. The first-order valence-corrected chi connectivity index (χ1v) is 19.4. The van der Waals surface area contributed by atoms with Crippen molar-refractivity contribution in [1.29, 1.82) is 0 Å². The minimum absolute atomic E-state index is 0.0703. The summed E-state index contributed by atoms with van der Waals surface area (Å²) in [5.41, 5.74) is 0.444. The van der Waals surface area contributed by atoms with Crippen molar-refractivity contribution in [3.05, 3.63) is 0 Å². The second-order valence-corrected chi connectivity index (χ2v) is 15.7. The van der Waals surface area contributed by atoms with Crippen LogP contribution in [0.4, 0.5) is 0 Å². The SMILES string of the molecule is CCCCCCCCCCCCCCCCCC(=O)O[Si](C)(C)CCCCCCCCCC.O=CS. The molecule has 0 rings (SSSR count). The van der Waals surface area contributed by atoms with Gasteiger partial charge in [0.1, 0.15) is 0 Å². The Hall–Kier alpha value is -0.293. The van der Waals surface area contributed by atoms with Crippen molar-refractivity contribution in [3.63, 3.8) is 0 Å². The maximum atomic E-state index is 12.2. The van der Waals surface area contributed by atoms with E-state index >= 15 is 0 Å². The molecular formula is C31H64O3SSi. The van der Waals surface area contributed by atoms with Crippen LogP contribution in [0, 0.1) is 0 Å². The Balaban J connectivity index is 0. The second kappa shape index (κ2) is 30.9. The highest BCUT2D eigenvalue weighted by molar-refractivity contribution is 7.94. The molecule has 0 bridgehead atoms. The molecule has 0 saturated carbocycles. The first-order valence-electron chi connectivity index (χ1n) is 15.7. The number of unbranched alkanes of at least 4 members (excludes halogenated alkanes) is 21. The van der Waals surface area contributed by atoms with E-state index in [1.54, 1.807) is 0 Å². The van der Waals surface area contributed by atoms with E-state index in [0.717, 1.165) is 12.5 Å². The first-order chi connectivity index (χ1) is 17.4. The fourth-order valence-corrected chi connectivity index (χ4v) is 6.66. The van der Waals surface area contributed by atoms with Crippen molar-refractivity contribution in [3.8, 4) is 0 Å². The van der Waals surface area contributed by atoms with Crippen LogP contribution in [0.1, 0.15) is 168 Å². The molecule has 0 fully saturated rings. The average Bonchev–Trinajstić information content (AvgIpc) is 2.83. The lowest BCUT2D eigenvalue weighted by Crippen LogP contribution is -2.33. The Bertz CT molecular complexity index is 457. The summed E-state index contributed by atoms with van der Waals surface area (Å²) in [6, 6.07) is 1.13. The quantitative estimate of drug-likeness (QED) is 0.0509. The molecule has 0 aliphatic heterocycles. The van der Waals surface area contributed by atoms with Crippen LogP contribution in [0.15, 0.2) is 0 Å². The Morgan fingerprint density at radius 2 is 0.861 bits per heavy atom. The molecule has 216 valence electrons. The van der Waals surface area contributed by atoms with Gasteiger partial charge < -0.3 is 4.43 Å². The molecule has 36 heavy (non-hydrogen) atoms. The number of hydrogen-bond acceptors (Lipinski definition) is 3. The van der Waals surface area contributed by atoms with E-state index in [4.69, 9.17) is 9.22 Å². The fraction of sp³-hybridized carbons (Fsp3) is 0.935. The molecule has 0 aromatic rings. The molecule has 0 heterocycles. The normalized spacial score (nSPS) is 11.1. The van der Waals surface area contributed by atoms with Gasteiger partial charge in [-0.1, -0.05) is 155 Å². The largest absolute Gasteiger partial charge is 0.520 e. The van der Waals surface area contributed by atoms with Gasteiger partial charge in [0.25, 0.3) is 5.97 Å². The number of rotatable bonds is 26. The Morgan fingerprint density at radius 3 is 1.19 bits per heavy atom. The summed E-state index contributed by atoms with van der Waals surface area (Å²) in [5, 5.41) is 0. The van der Waals surface area contributed by atoms with Gasteiger partial charge in [-0.05, 0) is 25.6 Å². The zero-order chi connectivity index (χ0) is 27.2. The van der Waals surface area contributed by atoms with E-state index < -0.39 is 8.32 Å². The molecule has 0 N–H and O–H groups in total. The third-order valence-corrected chi connectivity index (χ3v) is 9.34. The molecule has 5 heteroatoms. The summed E-state index contributed by atoms with van der Waals surface area (Å²) in [4.78, 5) is 20.9. The predicted octanol–water partition coefficient (Wildman–Crippen LogP) is 11.2. The Labute approximate surface area is 233 Å². The summed E-state index contributed by atoms with van der Waals surface area (Å²) in [6.45, 7) is 9.00. The lowest BCUT2D eigenvalue weighted by atomic mass is 10.0. The molecule has 0 aliphatic carbocycles. The lowest BCUT2D eigenvalue weighted by Gasteiger charge is -2.22. The summed E-state index contributed by atoms with van der Waals surface area (Å²) in [7, 11) is -1.81. The van der Waals surface area contributed by atoms with Crippen molar-refractivity contribution < 1.29 is 14.0 Å². The third kappa shape index (κ3) is 33.7. The van der Waals surface area contributed by atoms with Gasteiger partial charge in [-0.25, -0.2) is 0 Å². The van der Waals surface area contributed by atoms with E-state index in [1.807, 2.05) is 0 Å². The molecule has 0 atom stereocenters. The number of hydrogen-bond donors (Lipinski definition) is 1. The van der Waals surface area contributed by atoms with E-state index in [-0.39, 0.29) is 5.97 Å². The van der Waals surface area contributed by atoms with E-state index in [1.165, 1.54) is 141 Å². The molecule has 0 aromatic heterocycles. The monoisotopic (exact) mass is 544 g/mol. The molecular weight excluding hydrogens is 480 g/mol. The third-order valence-electron chi connectivity index (χ3n) is 7.01. The zero-order valence-corrected chi connectivity index (χ0v) is 26.8. The van der Waals surface area contributed by atoms with Crippen LogP contribution in [-0.2, 0) is 14.0 Å². The standard InChI is InChI=1S/C30H62O2Si.CH2OS/c1-5-7-9-11-13-15-16-17-18-19-20-21-22-24-26-28-30(31)32-33(3,4)29-27-25-23-14-12-10-8-6-2;2-1-3/h5-29H2,1-4H3;1H,(H,2,3). The van der Waals surface area contributed by atoms with Gasteiger partial charge in [0.15, 0.2) is 5.62 Å². The average molecular weight is 545 g/mol. The van der Waals surface area contributed by atoms with Crippen LogP contribution in [0.25, 0.3) is 0 Å². The number of carbonyl (C=O) groups excluding carboxylic acids is 2. The summed E-state index contributed by atoms with van der Waals surface area (Å²) in [6.07, 6.45) is 31.8. The highest BCUT2D eigenvalue weighted by Gasteiger charge is 2.25. The fourth-order valence-electron chi connectivity index (χ4n) is 4.74. The van der Waals surface area contributed by atoms with Gasteiger partial charge >= 0.3 is 0 Å². The van der Waals surface area contributed by atoms with Crippen molar-refractivity contribution in [2.75, 3.05) is 0 Å². The van der Waals surface area contributed by atoms with Gasteiger partial charge in [-0.3, -0.25) is 9.59 Å². The molecule has 3 nitrogen and oxygen atoms in total. The maximum Gasteiger partial charge on any atom is 0.292 e. The van der Waals surface area contributed by atoms with E-state index in [0.29, 0.717) is 12.0 Å². The zero-order valence-electron chi connectivity index (χ0n) is 24.9. The van der Waals surface area contributed by atoms with Crippen LogP contribution in [0.2, 0.25) is 19.1 Å². The molecule has 0 amide bonds. The first kappa shape index (κ1) is 37.9. The Kier molecular flexibility index (Phi) is 32.5. The van der Waals surface area contributed by atoms with Gasteiger partial charge in [0.05, 0.1) is 0 Å². The number of carbonyl (C=O) groups is 2. The molecule has 0 aromatic carbocycles. The van der Waals surface area contributed by atoms with Crippen LogP contribution >= 0.6 is 12.6 Å². The van der Waals surface area contributed by atoms with Crippen LogP contribution in [-0.4, -0.2) is 19.9 Å². The molecule has 0 spiro atoms. The van der Waals surface area contributed by atoms with E-state index in [2.05, 4.69) is 39.6 Å². The van der Waals surface area contributed by atoms with Crippen molar-refractivity contribution in [1.82, 2.24) is 0 Å². The smallest absolute Gasteiger partial charge is 0.292 e. The molecule has 0 radical (unpaired) electrons. The predicted molar refractivity (Wildman–Crippen MR) is 166 cm³/mol. The van der Waals surface area contributed by atoms with Crippen molar-refractivity contribution in [2.24, 2.45) is 0 Å². The minimum Gasteiger partial charge on any atom is -0.520 e. The van der Waals surface area contributed by atoms with Crippen molar-refractivity contribution in [2.45, 2.75) is 187 Å². The van der Waals surface area contributed by atoms with Crippen LogP contribution in [0.5, 0.6) is 0 Å². The van der Waals surface area contributed by atoms with Crippen LogP contribution < -0.4 is 0 Å². The lowest BCUT2D eigenvalue weighted by molar-refractivity contribution is -0.135. The molecule has 0 unspecified atom stereocenters. The topological polar surface area (TPSA) is 43.4 Å². The van der Waals surface area contributed by atoms with E-state index in [9.17, 15) is 4.79 Å². The summed E-state index contributed by atoms with van der Waals surface area (Å²) < 4.78 is 5.92. The number of thiol groups is 1. The second-order valence-electron chi connectivity index (χ2n) is 11.3. The molecule has 0 saturated heterocycles. The Morgan fingerprint density at radius 1 is 0.583 bits per heavy atom. The molecule has 0 aliphatic rings. The van der Waals surface area contributed by atoms with Crippen LogP contribution in [0.3, 0.4) is 0 Å². The highest BCUT2D eigenvalue weighted by Crippen LogP contribution is 2.19. The highest BCUT2D eigenvalue weighted by atomic mass is 32.1. The van der Waals surface area contributed by atoms with Crippen molar-refractivity contribution >= 4 is 32.5 Å². The summed E-state index contributed by atoms with van der Waals surface area (Å²) >= 11 is 3.11. The minimum atomic E-state index is -1.81. The van der Waals surface area contributed by atoms with Gasteiger partial charge in [-0.15, -0.1) is 12.6 Å². The van der Waals surface area contributed by atoms with Gasteiger partial charge in [0.2, 0.25) is 8.32 Å². The maximum absolute atomic E-state index is 12.2. The van der Waals surface area contributed by atoms with Gasteiger partial charge in [0, 0.05) is 6.42 Å².